The van der Waals surface area contributed by atoms with Gasteiger partial charge in [-0.2, -0.15) is 0 Å². The first-order chi connectivity index (χ1) is 8.34. The second-order valence-corrected chi connectivity index (χ2v) is 5.87. The van der Waals surface area contributed by atoms with Gasteiger partial charge in [-0.25, -0.2) is 4.98 Å². The molecule has 0 N–H and O–H groups in total. The van der Waals surface area contributed by atoms with Gasteiger partial charge in [0.15, 0.2) is 0 Å². The molecule has 1 fully saturated rings. The van der Waals surface area contributed by atoms with Crippen molar-refractivity contribution in [1.29, 1.82) is 0 Å². The van der Waals surface area contributed by atoms with Crippen LogP contribution in [-0.2, 0) is 0 Å². The van der Waals surface area contributed by atoms with Gasteiger partial charge in [0.25, 0.3) is 0 Å². The van der Waals surface area contributed by atoms with E-state index in [0.29, 0.717) is 0 Å². The Kier molecular flexibility index (Phi) is 3.17. The first-order valence-electron chi connectivity index (χ1n) is 6.08. The van der Waals surface area contributed by atoms with E-state index < -0.39 is 0 Å². The van der Waals surface area contributed by atoms with Crippen LogP contribution in [0, 0.1) is 0 Å². The number of fused-ring (bicyclic) bond motifs is 1. The third-order valence-corrected chi connectivity index (χ3v) is 4.86. The van der Waals surface area contributed by atoms with Crippen LogP contribution in [0.1, 0.15) is 37.1 Å². The molecule has 0 aliphatic heterocycles. The first-order valence-corrected chi connectivity index (χ1v) is 7.27. The number of allylic oxidation sites excluding steroid dienone is 1. The minimum atomic E-state index is 0.908. The van der Waals surface area contributed by atoms with E-state index in [0.717, 1.165) is 28.4 Å². The monoisotopic (exact) mass is 263 g/mol. The molecule has 2 aromatic rings. The fourth-order valence-corrected chi connectivity index (χ4v) is 3.61. The van der Waals surface area contributed by atoms with Crippen LogP contribution in [0.15, 0.2) is 29.8 Å². The van der Waals surface area contributed by atoms with E-state index in [4.69, 9.17) is 11.6 Å². The highest BCUT2D eigenvalue weighted by atomic mass is 35.5. The Morgan fingerprint density at radius 1 is 1.12 bits per heavy atom. The summed E-state index contributed by atoms with van der Waals surface area (Å²) in [5.41, 5.74) is 2.46. The maximum atomic E-state index is 6.48. The van der Waals surface area contributed by atoms with Crippen molar-refractivity contribution in [2.75, 3.05) is 0 Å². The van der Waals surface area contributed by atoms with E-state index in [-0.39, 0.29) is 0 Å². The largest absolute Gasteiger partial charge is 0.235 e. The fraction of sp³-hybridized carbons (Fsp3) is 0.357. The van der Waals surface area contributed by atoms with Gasteiger partial charge in [-0.3, -0.25) is 0 Å². The van der Waals surface area contributed by atoms with Crippen LogP contribution in [0.2, 0.25) is 0 Å². The lowest BCUT2D eigenvalue weighted by Gasteiger charge is -2.14. The standard InChI is InChI=1S/C14H14ClNS/c15-13(10-6-2-1-3-7-10)14-16-11-8-4-5-9-12(11)17-14/h4-5,8-9H,1-3,6-7H2. The summed E-state index contributed by atoms with van der Waals surface area (Å²) in [4.78, 5) is 4.62. The van der Waals surface area contributed by atoms with Crippen molar-refractivity contribution >= 4 is 38.2 Å². The van der Waals surface area contributed by atoms with Gasteiger partial charge in [0.2, 0.25) is 0 Å². The Labute approximate surface area is 110 Å². The average molecular weight is 264 g/mol. The van der Waals surface area contributed by atoms with Crippen LogP contribution in [0.25, 0.3) is 15.2 Å². The number of benzene rings is 1. The number of hydrogen-bond acceptors (Lipinski definition) is 2. The Morgan fingerprint density at radius 2 is 1.88 bits per heavy atom. The number of nitrogens with zero attached hydrogens (tertiary/aromatic N) is 1. The molecule has 0 spiro atoms. The maximum absolute atomic E-state index is 6.48. The molecular weight excluding hydrogens is 250 g/mol. The lowest BCUT2D eigenvalue weighted by Crippen LogP contribution is -1.95. The van der Waals surface area contributed by atoms with E-state index in [1.165, 1.54) is 29.5 Å². The SMILES string of the molecule is ClC(=C1CCCCC1)c1nc2ccccc2s1. The van der Waals surface area contributed by atoms with Crippen LogP contribution in [0.3, 0.4) is 0 Å². The molecule has 1 aromatic heterocycles. The molecule has 1 aliphatic rings. The summed E-state index contributed by atoms with van der Waals surface area (Å²) >= 11 is 8.18. The van der Waals surface area contributed by atoms with Crippen molar-refractivity contribution in [2.45, 2.75) is 32.1 Å². The number of hydrogen-bond donors (Lipinski definition) is 0. The molecule has 0 atom stereocenters. The lowest BCUT2D eigenvalue weighted by atomic mass is 9.95. The molecule has 1 nitrogen and oxygen atoms in total. The summed E-state index contributed by atoms with van der Waals surface area (Å²) in [6.45, 7) is 0. The Morgan fingerprint density at radius 3 is 2.65 bits per heavy atom. The maximum Gasteiger partial charge on any atom is 0.135 e. The molecule has 3 rings (SSSR count). The minimum absolute atomic E-state index is 0.908. The zero-order valence-electron chi connectivity index (χ0n) is 9.58. The second-order valence-electron chi connectivity index (χ2n) is 4.46. The van der Waals surface area contributed by atoms with Gasteiger partial charge < -0.3 is 0 Å². The van der Waals surface area contributed by atoms with Crippen LogP contribution in [-0.4, -0.2) is 4.98 Å². The molecule has 0 radical (unpaired) electrons. The average Bonchev–Trinajstić information content (AvgIpc) is 2.82. The predicted molar refractivity (Wildman–Crippen MR) is 75.5 cm³/mol. The molecule has 1 aliphatic carbocycles. The summed E-state index contributed by atoms with van der Waals surface area (Å²) in [5.74, 6) is 0. The van der Waals surface area contributed by atoms with Gasteiger partial charge in [0.1, 0.15) is 5.01 Å². The predicted octanol–water partition coefficient (Wildman–Crippen LogP) is 5.21. The molecule has 17 heavy (non-hydrogen) atoms. The molecule has 0 amide bonds. The molecule has 0 unspecified atom stereocenters. The molecule has 1 heterocycles. The molecule has 1 saturated carbocycles. The Hall–Kier alpha value is -0.860. The highest BCUT2D eigenvalue weighted by molar-refractivity contribution is 7.20. The number of aromatic nitrogens is 1. The lowest BCUT2D eigenvalue weighted by molar-refractivity contribution is 0.602. The fourth-order valence-electron chi connectivity index (χ4n) is 2.32. The van der Waals surface area contributed by atoms with Crippen LogP contribution >= 0.6 is 22.9 Å². The smallest absolute Gasteiger partial charge is 0.135 e. The zero-order valence-corrected chi connectivity index (χ0v) is 11.2. The first kappa shape index (κ1) is 11.2. The van der Waals surface area contributed by atoms with Gasteiger partial charge in [-0.15, -0.1) is 11.3 Å². The third kappa shape index (κ3) is 2.24. The van der Waals surface area contributed by atoms with Gasteiger partial charge in [-0.1, -0.05) is 30.2 Å². The normalized spacial score (nSPS) is 16.4. The zero-order chi connectivity index (χ0) is 11.7. The van der Waals surface area contributed by atoms with E-state index in [9.17, 15) is 0 Å². The van der Waals surface area contributed by atoms with Crippen molar-refractivity contribution in [3.8, 4) is 0 Å². The number of thiazole rings is 1. The molecule has 1 aromatic carbocycles. The summed E-state index contributed by atoms with van der Waals surface area (Å²) in [6.07, 6.45) is 6.18. The van der Waals surface area contributed by atoms with Gasteiger partial charge in [-0.05, 0) is 43.4 Å². The third-order valence-electron chi connectivity index (χ3n) is 3.25. The highest BCUT2D eigenvalue weighted by Gasteiger charge is 2.14. The van der Waals surface area contributed by atoms with E-state index in [1.807, 2.05) is 18.2 Å². The second kappa shape index (κ2) is 4.79. The quantitative estimate of drug-likeness (QED) is 0.688. The van der Waals surface area contributed by atoms with E-state index >= 15 is 0 Å². The molecule has 3 heteroatoms. The highest BCUT2D eigenvalue weighted by Crippen LogP contribution is 2.36. The van der Waals surface area contributed by atoms with Crippen molar-refractivity contribution in [1.82, 2.24) is 4.98 Å². The summed E-state index contributed by atoms with van der Waals surface area (Å²) in [5, 5.41) is 1.90. The summed E-state index contributed by atoms with van der Waals surface area (Å²) in [6, 6.07) is 8.22. The van der Waals surface area contributed by atoms with Crippen molar-refractivity contribution in [3.63, 3.8) is 0 Å². The number of rotatable bonds is 1. The van der Waals surface area contributed by atoms with Gasteiger partial charge in [0, 0.05) is 0 Å². The molecule has 0 bridgehead atoms. The van der Waals surface area contributed by atoms with Crippen LogP contribution in [0.4, 0.5) is 0 Å². The minimum Gasteiger partial charge on any atom is -0.235 e. The van der Waals surface area contributed by atoms with Gasteiger partial charge >= 0.3 is 0 Å². The topological polar surface area (TPSA) is 12.9 Å². The number of halogens is 1. The van der Waals surface area contributed by atoms with E-state index in [2.05, 4.69) is 11.1 Å². The van der Waals surface area contributed by atoms with Crippen molar-refractivity contribution in [3.05, 3.63) is 34.8 Å². The molecule has 88 valence electrons. The Bertz CT molecular complexity index is 529. The van der Waals surface area contributed by atoms with Crippen molar-refractivity contribution < 1.29 is 0 Å². The summed E-state index contributed by atoms with van der Waals surface area (Å²) < 4.78 is 1.22. The van der Waals surface area contributed by atoms with Crippen LogP contribution < -0.4 is 0 Å². The van der Waals surface area contributed by atoms with Gasteiger partial charge in [0.05, 0.1) is 15.2 Å². The molecular formula is C14H14ClNS. The van der Waals surface area contributed by atoms with E-state index in [1.54, 1.807) is 11.3 Å². The van der Waals surface area contributed by atoms with Crippen LogP contribution in [0.5, 0.6) is 0 Å². The summed E-state index contributed by atoms with van der Waals surface area (Å²) in [7, 11) is 0. The molecule has 0 saturated heterocycles. The number of para-hydroxylation sites is 1. The van der Waals surface area contributed by atoms with Crippen molar-refractivity contribution in [2.24, 2.45) is 0 Å². The Balaban J connectivity index is 2.02.